The van der Waals surface area contributed by atoms with E-state index >= 15 is 0 Å². The molecule has 7 heteroatoms. The van der Waals surface area contributed by atoms with Gasteiger partial charge in [-0.1, -0.05) is 35.9 Å². The van der Waals surface area contributed by atoms with Crippen molar-refractivity contribution in [1.82, 2.24) is 15.1 Å². The Balaban J connectivity index is 1.45. The van der Waals surface area contributed by atoms with Crippen LogP contribution in [0.1, 0.15) is 0 Å². The number of nitrogens with zero attached hydrogens (tertiary/aromatic N) is 2. The van der Waals surface area contributed by atoms with Crippen molar-refractivity contribution >= 4 is 29.2 Å². The standard InChI is InChI=1S/C20H21ClN4O2/c21-16-5-1-3-14(11-16)15-4-2-6-17(12-15)23-20(27)25-10-9-24-8-7-22-19(26)18(24)13-25/h1-6,11-12,18H,7-10,13H2,(H,22,26)(H,23,27)/t18-/m0/s1. The van der Waals surface area contributed by atoms with Gasteiger partial charge in [-0.25, -0.2) is 4.79 Å². The smallest absolute Gasteiger partial charge is 0.321 e. The number of carbonyl (C=O) groups is 2. The van der Waals surface area contributed by atoms with E-state index in [0.29, 0.717) is 36.9 Å². The summed E-state index contributed by atoms with van der Waals surface area (Å²) in [5, 5.41) is 6.49. The van der Waals surface area contributed by atoms with E-state index in [4.69, 9.17) is 11.6 Å². The van der Waals surface area contributed by atoms with Crippen molar-refractivity contribution in [2.45, 2.75) is 6.04 Å². The summed E-state index contributed by atoms with van der Waals surface area (Å²) in [5.41, 5.74) is 2.69. The molecule has 0 unspecified atom stereocenters. The van der Waals surface area contributed by atoms with Crippen LogP contribution < -0.4 is 10.6 Å². The molecule has 2 heterocycles. The lowest BCUT2D eigenvalue weighted by molar-refractivity contribution is -0.131. The number of benzene rings is 2. The predicted octanol–water partition coefficient (Wildman–Crippen LogP) is 2.65. The average Bonchev–Trinajstić information content (AvgIpc) is 2.68. The number of anilines is 1. The lowest BCUT2D eigenvalue weighted by Crippen LogP contribution is -2.64. The zero-order chi connectivity index (χ0) is 18.8. The molecular formula is C20H21ClN4O2. The highest BCUT2D eigenvalue weighted by Gasteiger charge is 2.36. The highest BCUT2D eigenvalue weighted by atomic mass is 35.5. The van der Waals surface area contributed by atoms with Gasteiger partial charge >= 0.3 is 6.03 Å². The number of piperazine rings is 2. The summed E-state index contributed by atoms with van der Waals surface area (Å²) in [7, 11) is 0. The molecule has 2 fully saturated rings. The van der Waals surface area contributed by atoms with Gasteiger partial charge in [-0.2, -0.15) is 0 Å². The molecular weight excluding hydrogens is 364 g/mol. The molecule has 0 saturated carbocycles. The maximum absolute atomic E-state index is 12.7. The number of fused-ring (bicyclic) bond motifs is 1. The zero-order valence-electron chi connectivity index (χ0n) is 14.8. The largest absolute Gasteiger partial charge is 0.353 e. The van der Waals surface area contributed by atoms with E-state index in [1.807, 2.05) is 48.5 Å². The maximum atomic E-state index is 12.7. The van der Waals surface area contributed by atoms with Gasteiger partial charge in [-0.05, 0) is 35.4 Å². The van der Waals surface area contributed by atoms with Gasteiger partial charge in [0.1, 0.15) is 6.04 Å². The van der Waals surface area contributed by atoms with E-state index in [2.05, 4.69) is 15.5 Å². The van der Waals surface area contributed by atoms with Crippen molar-refractivity contribution in [3.8, 4) is 11.1 Å². The lowest BCUT2D eigenvalue weighted by atomic mass is 10.1. The van der Waals surface area contributed by atoms with Crippen LogP contribution >= 0.6 is 11.6 Å². The third kappa shape index (κ3) is 3.91. The Labute approximate surface area is 163 Å². The van der Waals surface area contributed by atoms with Crippen LogP contribution in [-0.4, -0.2) is 60.5 Å². The van der Waals surface area contributed by atoms with Gasteiger partial charge in [-0.3, -0.25) is 9.69 Å². The number of urea groups is 1. The minimum atomic E-state index is -0.254. The predicted molar refractivity (Wildman–Crippen MR) is 106 cm³/mol. The van der Waals surface area contributed by atoms with E-state index < -0.39 is 0 Å². The Kier molecular flexibility index (Phi) is 5.01. The molecule has 27 heavy (non-hydrogen) atoms. The van der Waals surface area contributed by atoms with E-state index in [9.17, 15) is 9.59 Å². The van der Waals surface area contributed by atoms with Gasteiger partial charge < -0.3 is 15.5 Å². The molecule has 2 aromatic rings. The number of nitrogens with one attached hydrogen (secondary N) is 2. The van der Waals surface area contributed by atoms with Crippen LogP contribution in [-0.2, 0) is 4.79 Å². The van der Waals surface area contributed by atoms with Gasteiger partial charge in [0.05, 0.1) is 0 Å². The van der Waals surface area contributed by atoms with Crippen molar-refractivity contribution < 1.29 is 9.59 Å². The van der Waals surface area contributed by atoms with E-state index in [1.54, 1.807) is 4.90 Å². The quantitative estimate of drug-likeness (QED) is 0.836. The SMILES string of the molecule is O=C1NCCN2CCN(C(=O)Nc3cccc(-c4cccc(Cl)c4)c3)C[C@@H]12. The molecule has 140 valence electrons. The van der Waals surface area contributed by atoms with Gasteiger partial charge in [0.2, 0.25) is 5.91 Å². The number of amides is 3. The van der Waals surface area contributed by atoms with E-state index in [-0.39, 0.29) is 18.0 Å². The molecule has 0 aromatic heterocycles. The molecule has 2 aromatic carbocycles. The summed E-state index contributed by atoms with van der Waals surface area (Å²) in [6.07, 6.45) is 0. The van der Waals surface area contributed by atoms with Crippen molar-refractivity contribution in [2.75, 3.05) is 38.0 Å². The van der Waals surface area contributed by atoms with E-state index in [1.165, 1.54) is 0 Å². The van der Waals surface area contributed by atoms with Crippen LogP contribution in [0.5, 0.6) is 0 Å². The first-order valence-electron chi connectivity index (χ1n) is 9.04. The average molecular weight is 385 g/mol. The lowest BCUT2D eigenvalue weighted by Gasteiger charge is -2.42. The van der Waals surface area contributed by atoms with Gasteiger partial charge in [0.15, 0.2) is 0 Å². The molecule has 4 rings (SSSR count). The van der Waals surface area contributed by atoms with Crippen molar-refractivity contribution in [3.05, 3.63) is 53.6 Å². The summed E-state index contributed by atoms with van der Waals surface area (Å²) in [6, 6.07) is 14.8. The molecule has 0 spiro atoms. The molecule has 2 N–H and O–H groups in total. The van der Waals surface area contributed by atoms with Crippen LogP contribution in [0.25, 0.3) is 11.1 Å². The summed E-state index contributed by atoms with van der Waals surface area (Å²) in [4.78, 5) is 28.6. The number of hydrogen-bond donors (Lipinski definition) is 2. The molecule has 2 aliphatic heterocycles. The first kappa shape index (κ1) is 17.8. The summed E-state index contributed by atoms with van der Waals surface area (Å²) >= 11 is 6.08. The number of halogens is 1. The van der Waals surface area contributed by atoms with E-state index in [0.717, 1.165) is 17.7 Å². The fourth-order valence-electron chi connectivity index (χ4n) is 3.61. The third-order valence-corrected chi connectivity index (χ3v) is 5.29. The normalized spacial score (nSPS) is 20.0. The Morgan fingerprint density at radius 2 is 1.85 bits per heavy atom. The van der Waals surface area contributed by atoms with Crippen LogP contribution in [0, 0.1) is 0 Å². The second-order valence-corrected chi connectivity index (χ2v) is 7.25. The fourth-order valence-corrected chi connectivity index (χ4v) is 3.80. The highest BCUT2D eigenvalue weighted by molar-refractivity contribution is 6.30. The number of hydrogen-bond acceptors (Lipinski definition) is 3. The topological polar surface area (TPSA) is 64.7 Å². The Morgan fingerprint density at radius 3 is 2.67 bits per heavy atom. The minimum absolute atomic E-state index is 0.00158. The molecule has 3 amide bonds. The number of carbonyl (C=O) groups excluding carboxylic acids is 2. The Bertz CT molecular complexity index is 873. The molecule has 0 aliphatic carbocycles. The summed E-state index contributed by atoms with van der Waals surface area (Å²) in [6.45, 7) is 3.26. The van der Waals surface area contributed by atoms with Gasteiger partial charge in [0.25, 0.3) is 0 Å². The molecule has 2 saturated heterocycles. The van der Waals surface area contributed by atoms with Crippen molar-refractivity contribution in [1.29, 1.82) is 0 Å². The van der Waals surface area contributed by atoms with Crippen LogP contribution in [0.4, 0.5) is 10.5 Å². The first-order chi connectivity index (χ1) is 13.1. The summed E-state index contributed by atoms with van der Waals surface area (Å²) in [5.74, 6) is 0.00158. The van der Waals surface area contributed by atoms with Crippen LogP contribution in [0.15, 0.2) is 48.5 Å². The monoisotopic (exact) mass is 384 g/mol. The molecule has 6 nitrogen and oxygen atoms in total. The van der Waals surface area contributed by atoms with Gasteiger partial charge in [0, 0.05) is 43.4 Å². The molecule has 1 atom stereocenters. The highest BCUT2D eigenvalue weighted by Crippen LogP contribution is 2.25. The van der Waals surface area contributed by atoms with Gasteiger partial charge in [-0.15, -0.1) is 0 Å². The summed E-state index contributed by atoms with van der Waals surface area (Å²) < 4.78 is 0. The maximum Gasteiger partial charge on any atom is 0.321 e. The van der Waals surface area contributed by atoms with Crippen LogP contribution in [0.2, 0.25) is 5.02 Å². The first-order valence-corrected chi connectivity index (χ1v) is 9.42. The second-order valence-electron chi connectivity index (χ2n) is 6.81. The Hall–Kier alpha value is -2.57. The van der Waals surface area contributed by atoms with Crippen molar-refractivity contribution in [2.24, 2.45) is 0 Å². The Morgan fingerprint density at radius 1 is 1.07 bits per heavy atom. The molecule has 0 bridgehead atoms. The minimum Gasteiger partial charge on any atom is -0.353 e. The van der Waals surface area contributed by atoms with Crippen molar-refractivity contribution in [3.63, 3.8) is 0 Å². The second kappa shape index (κ2) is 7.58. The fraction of sp³-hybridized carbons (Fsp3) is 0.300. The molecule has 0 radical (unpaired) electrons. The zero-order valence-corrected chi connectivity index (χ0v) is 15.6. The molecule has 2 aliphatic rings. The third-order valence-electron chi connectivity index (χ3n) is 5.05. The number of rotatable bonds is 2. The van der Waals surface area contributed by atoms with Crippen LogP contribution in [0.3, 0.4) is 0 Å².